The molecule has 0 aliphatic carbocycles. The molecule has 152 valence electrons. The molecule has 0 fully saturated rings. The molecule has 1 N–H and O–H groups in total. The van der Waals surface area contributed by atoms with E-state index in [0.29, 0.717) is 5.69 Å². The van der Waals surface area contributed by atoms with Crippen LogP contribution in [0.3, 0.4) is 0 Å². The number of halogens is 1. The molecule has 0 radical (unpaired) electrons. The van der Waals surface area contributed by atoms with Crippen LogP contribution in [0.2, 0.25) is 0 Å². The second-order valence-corrected chi connectivity index (χ2v) is 9.57. The lowest BCUT2D eigenvalue weighted by atomic mass is 10.1. The van der Waals surface area contributed by atoms with Gasteiger partial charge in [-0.3, -0.25) is 9.10 Å². The van der Waals surface area contributed by atoms with Gasteiger partial charge in [0.2, 0.25) is 15.9 Å². The Morgan fingerprint density at radius 1 is 1.03 bits per heavy atom. The van der Waals surface area contributed by atoms with E-state index in [-0.39, 0.29) is 19.7 Å². The van der Waals surface area contributed by atoms with Crippen LogP contribution in [0.15, 0.2) is 66.7 Å². The minimum absolute atomic E-state index is 0.270. The second kappa shape index (κ2) is 9.45. The Kier molecular flexibility index (Phi) is 6.96. The molecule has 3 aromatic carbocycles. The molecule has 8 heteroatoms. The largest absolute Gasteiger partial charge is 0.491 e. The quantitative estimate of drug-likeness (QED) is 0.362. The molecule has 0 aliphatic rings. The van der Waals surface area contributed by atoms with Crippen LogP contribution in [-0.2, 0) is 14.8 Å². The third-order valence-electron chi connectivity index (χ3n) is 4.23. The summed E-state index contributed by atoms with van der Waals surface area (Å²) < 4.78 is 32.1. The summed E-state index contributed by atoms with van der Waals surface area (Å²) in [6, 6.07) is 20.7. The highest BCUT2D eigenvalue weighted by Crippen LogP contribution is 2.25. The normalized spacial score (nSPS) is 11.2. The number of hydrogen-bond donors (Lipinski definition) is 1. The minimum Gasteiger partial charge on any atom is -0.491 e. The van der Waals surface area contributed by atoms with Crippen LogP contribution in [0.5, 0.6) is 5.75 Å². The lowest BCUT2D eigenvalue weighted by Crippen LogP contribution is -2.41. The molecule has 0 saturated heterocycles. The maximum absolute atomic E-state index is 12.3. The molecule has 0 atom stereocenters. The number of nitrogens with one attached hydrogen (secondary N) is 1. The van der Waals surface area contributed by atoms with Crippen LogP contribution < -0.4 is 14.4 Å². The van der Waals surface area contributed by atoms with Gasteiger partial charge in [0.1, 0.15) is 18.9 Å². The molecule has 3 aromatic rings. The van der Waals surface area contributed by atoms with E-state index in [0.717, 1.165) is 30.7 Å². The van der Waals surface area contributed by atoms with Crippen molar-refractivity contribution in [2.45, 2.75) is 0 Å². The molecule has 0 aromatic heterocycles. The molecule has 0 bridgehead atoms. The fourth-order valence-electron chi connectivity index (χ4n) is 2.87. The predicted molar refractivity (Wildman–Crippen MR) is 124 cm³/mol. The highest BCUT2D eigenvalue weighted by atomic mass is 127. The van der Waals surface area contributed by atoms with Crippen molar-refractivity contribution in [3.63, 3.8) is 0 Å². The Bertz CT molecular complexity index is 1100. The summed E-state index contributed by atoms with van der Waals surface area (Å²) in [7, 11) is -3.58. The number of amides is 1. The van der Waals surface area contributed by atoms with Crippen LogP contribution >= 0.6 is 22.6 Å². The maximum Gasteiger partial charge on any atom is 0.240 e. The van der Waals surface area contributed by atoms with E-state index in [4.69, 9.17) is 4.74 Å². The lowest BCUT2D eigenvalue weighted by molar-refractivity contribution is -0.119. The molecule has 0 spiro atoms. The van der Waals surface area contributed by atoms with E-state index in [1.54, 1.807) is 24.3 Å². The lowest BCUT2D eigenvalue weighted by Gasteiger charge is -2.22. The number of hydrogen-bond acceptors (Lipinski definition) is 4. The standard InChI is InChI=1S/C21H21IN2O4S/c1-29(26,27)24(18-11-9-17(22)10-12-18)15-21(25)23-13-14-28-20-8-4-6-16-5-2-3-7-19(16)20/h2-12H,13-15H2,1H3,(H,23,25). The van der Waals surface area contributed by atoms with Crippen molar-refractivity contribution < 1.29 is 17.9 Å². The van der Waals surface area contributed by atoms with Crippen molar-refractivity contribution in [1.29, 1.82) is 0 Å². The molecule has 0 heterocycles. The Morgan fingerprint density at radius 3 is 2.45 bits per heavy atom. The van der Waals surface area contributed by atoms with Crippen LogP contribution in [0, 0.1) is 3.57 Å². The first-order chi connectivity index (χ1) is 13.8. The van der Waals surface area contributed by atoms with E-state index in [1.807, 2.05) is 42.5 Å². The molecule has 3 rings (SSSR count). The van der Waals surface area contributed by atoms with E-state index < -0.39 is 15.9 Å². The summed E-state index contributed by atoms with van der Waals surface area (Å²) in [4.78, 5) is 12.3. The number of fused-ring (bicyclic) bond motifs is 1. The van der Waals surface area contributed by atoms with Gasteiger partial charge in [-0.1, -0.05) is 36.4 Å². The third kappa shape index (κ3) is 5.83. The van der Waals surface area contributed by atoms with Crippen LogP contribution in [0.1, 0.15) is 0 Å². The number of carbonyl (C=O) groups excluding carboxylic acids is 1. The summed E-state index contributed by atoms with van der Waals surface area (Å²) in [5.41, 5.74) is 0.454. The smallest absolute Gasteiger partial charge is 0.240 e. The molecule has 29 heavy (non-hydrogen) atoms. The Hall–Kier alpha value is -2.33. The van der Waals surface area contributed by atoms with Crippen molar-refractivity contribution in [1.82, 2.24) is 5.32 Å². The zero-order chi connectivity index (χ0) is 20.9. The molecule has 0 unspecified atom stereocenters. The number of sulfonamides is 1. The Labute approximate surface area is 184 Å². The topological polar surface area (TPSA) is 75.7 Å². The molecule has 0 aliphatic heterocycles. The fraction of sp³-hybridized carbons (Fsp3) is 0.190. The average Bonchev–Trinajstić information content (AvgIpc) is 2.69. The summed E-state index contributed by atoms with van der Waals surface area (Å²) >= 11 is 2.14. The van der Waals surface area contributed by atoms with Crippen LogP contribution in [0.25, 0.3) is 10.8 Å². The zero-order valence-electron chi connectivity index (χ0n) is 15.8. The van der Waals surface area contributed by atoms with E-state index in [1.165, 1.54) is 0 Å². The van der Waals surface area contributed by atoms with Crippen molar-refractivity contribution >= 4 is 55.0 Å². The molecule has 6 nitrogen and oxygen atoms in total. The van der Waals surface area contributed by atoms with Gasteiger partial charge < -0.3 is 10.1 Å². The van der Waals surface area contributed by atoms with Gasteiger partial charge in [0.25, 0.3) is 0 Å². The Balaban J connectivity index is 1.56. The summed E-state index contributed by atoms with van der Waals surface area (Å²) in [6.07, 6.45) is 1.09. The zero-order valence-corrected chi connectivity index (χ0v) is 18.8. The number of nitrogens with zero attached hydrogens (tertiary/aromatic N) is 1. The monoisotopic (exact) mass is 524 g/mol. The number of rotatable bonds is 8. The molecule has 1 amide bonds. The van der Waals surface area contributed by atoms with Crippen molar-refractivity contribution in [2.75, 3.05) is 30.3 Å². The first-order valence-corrected chi connectivity index (χ1v) is 11.9. The Morgan fingerprint density at radius 2 is 1.72 bits per heavy atom. The fourth-order valence-corrected chi connectivity index (χ4v) is 4.08. The van der Waals surface area contributed by atoms with Crippen LogP contribution in [-0.4, -0.2) is 40.3 Å². The number of benzene rings is 3. The van der Waals surface area contributed by atoms with Crippen molar-refractivity contribution in [2.24, 2.45) is 0 Å². The average molecular weight is 524 g/mol. The van der Waals surface area contributed by atoms with Gasteiger partial charge in [-0.25, -0.2) is 8.42 Å². The third-order valence-corrected chi connectivity index (χ3v) is 6.09. The van der Waals surface area contributed by atoms with Gasteiger partial charge in [-0.15, -0.1) is 0 Å². The van der Waals surface area contributed by atoms with Crippen LogP contribution in [0.4, 0.5) is 5.69 Å². The summed E-state index contributed by atoms with van der Waals surface area (Å²) in [5.74, 6) is 0.351. The summed E-state index contributed by atoms with van der Waals surface area (Å²) in [5, 5.41) is 4.80. The summed E-state index contributed by atoms with van der Waals surface area (Å²) in [6.45, 7) is 0.266. The van der Waals surface area contributed by atoms with Gasteiger partial charge in [0.05, 0.1) is 18.5 Å². The highest BCUT2D eigenvalue weighted by Gasteiger charge is 2.20. The van der Waals surface area contributed by atoms with E-state index in [2.05, 4.69) is 27.9 Å². The number of carbonyl (C=O) groups is 1. The van der Waals surface area contributed by atoms with Crippen molar-refractivity contribution in [3.05, 3.63) is 70.3 Å². The predicted octanol–water partition coefficient (Wildman–Crippen LogP) is 3.41. The van der Waals surface area contributed by atoms with Crippen molar-refractivity contribution in [3.8, 4) is 5.75 Å². The maximum atomic E-state index is 12.3. The SMILES string of the molecule is CS(=O)(=O)N(CC(=O)NCCOc1cccc2ccccc12)c1ccc(I)cc1. The van der Waals surface area contributed by atoms with E-state index >= 15 is 0 Å². The van der Waals surface area contributed by atoms with E-state index in [9.17, 15) is 13.2 Å². The first-order valence-electron chi connectivity index (χ1n) is 8.95. The second-order valence-electron chi connectivity index (χ2n) is 6.42. The van der Waals surface area contributed by atoms with Gasteiger partial charge in [0.15, 0.2) is 0 Å². The van der Waals surface area contributed by atoms with Gasteiger partial charge in [-0.2, -0.15) is 0 Å². The van der Waals surface area contributed by atoms with Gasteiger partial charge >= 0.3 is 0 Å². The molecule has 0 saturated carbocycles. The highest BCUT2D eigenvalue weighted by molar-refractivity contribution is 14.1. The first kappa shape index (κ1) is 21.4. The minimum atomic E-state index is -3.58. The van der Waals surface area contributed by atoms with Gasteiger partial charge in [-0.05, 0) is 58.3 Å². The number of anilines is 1. The van der Waals surface area contributed by atoms with Gasteiger partial charge in [0, 0.05) is 8.96 Å². The molecular formula is C21H21IN2O4S. The number of ether oxygens (including phenoxy) is 1. The molecular weight excluding hydrogens is 503 g/mol.